The second kappa shape index (κ2) is 9.18. The van der Waals surface area contributed by atoms with E-state index in [1.165, 1.54) is 6.42 Å². The van der Waals surface area contributed by atoms with E-state index in [1.807, 2.05) is 23.9 Å². The molecule has 0 aromatic carbocycles. The van der Waals surface area contributed by atoms with Crippen molar-refractivity contribution in [1.82, 2.24) is 20.4 Å². The molecular formula is C12H22Cl2N4O. The van der Waals surface area contributed by atoms with Crippen molar-refractivity contribution in [2.75, 3.05) is 6.54 Å². The van der Waals surface area contributed by atoms with Crippen LogP contribution < -0.4 is 10.6 Å². The number of rotatable bonds is 4. The highest BCUT2D eigenvalue weighted by Crippen LogP contribution is 2.07. The van der Waals surface area contributed by atoms with Crippen LogP contribution in [-0.4, -0.2) is 34.3 Å². The summed E-state index contributed by atoms with van der Waals surface area (Å²) in [5, 5.41) is 10.4. The Kier molecular flexibility index (Phi) is 8.80. The smallest absolute Gasteiger partial charge is 0.237 e. The molecule has 1 amide bonds. The number of nitrogens with zero attached hydrogens (tertiary/aromatic N) is 2. The molecule has 1 saturated heterocycles. The standard InChI is InChI=1S/C12H20N4O.2ClH/c1-10(9-16-8-4-7-14-16)15-12(17)11-5-2-3-6-13-11;;/h4,7-8,10-11,13H,2-3,5-6,9H2,1H3,(H,15,17);2*1H. The van der Waals surface area contributed by atoms with E-state index >= 15 is 0 Å². The Hall–Kier alpha value is -0.780. The average molecular weight is 309 g/mol. The predicted molar refractivity (Wildman–Crippen MR) is 80.0 cm³/mol. The van der Waals surface area contributed by atoms with Crippen LogP contribution in [-0.2, 0) is 11.3 Å². The van der Waals surface area contributed by atoms with E-state index in [9.17, 15) is 4.79 Å². The quantitative estimate of drug-likeness (QED) is 0.883. The Morgan fingerprint density at radius 1 is 1.53 bits per heavy atom. The molecule has 2 rings (SSSR count). The third kappa shape index (κ3) is 5.80. The van der Waals surface area contributed by atoms with E-state index < -0.39 is 0 Å². The molecule has 7 heteroatoms. The summed E-state index contributed by atoms with van der Waals surface area (Å²) >= 11 is 0. The van der Waals surface area contributed by atoms with Gasteiger partial charge in [0, 0.05) is 18.4 Å². The van der Waals surface area contributed by atoms with Gasteiger partial charge in [-0.1, -0.05) is 6.42 Å². The van der Waals surface area contributed by atoms with Gasteiger partial charge in [-0.05, 0) is 32.4 Å². The third-order valence-corrected chi connectivity index (χ3v) is 3.04. The van der Waals surface area contributed by atoms with Crippen LogP contribution in [0.25, 0.3) is 0 Å². The zero-order valence-electron chi connectivity index (χ0n) is 11.0. The molecule has 2 unspecified atom stereocenters. The summed E-state index contributed by atoms with van der Waals surface area (Å²) in [6.07, 6.45) is 6.91. The maximum Gasteiger partial charge on any atom is 0.237 e. The second-order valence-corrected chi connectivity index (χ2v) is 4.64. The Balaban J connectivity index is 0.00000162. The molecule has 2 atom stereocenters. The van der Waals surface area contributed by atoms with Crippen molar-refractivity contribution < 1.29 is 4.79 Å². The molecule has 2 N–H and O–H groups in total. The first-order chi connectivity index (χ1) is 8.25. The monoisotopic (exact) mass is 308 g/mol. The lowest BCUT2D eigenvalue weighted by Crippen LogP contribution is -2.49. The zero-order chi connectivity index (χ0) is 12.1. The molecule has 5 nitrogen and oxygen atoms in total. The first kappa shape index (κ1) is 18.2. The van der Waals surface area contributed by atoms with Gasteiger partial charge < -0.3 is 10.6 Å². The lowest BCUT2D eigenvalue weighted by atomic mass is 10.0. The lowest BCUT2D eigenvalue weighted by molar-refractivity contribution is -0.124. The fourth-order valence-corrected chi connectivity index (χ4v) is 2.15. The highest BCUT2D eigenvalue weighted by atomic mass is 35.5. The van der Waals surface area contributed by atoms with Gasteiger partial charge in [0.25, 0.3) is 0 Å². The summed E-state index contributed by atoms with van der Waals surface area (Å²) in [4.78, 5) is 11.9. The fourth-order valence-electron chi connectivity index (χ4n) is 2.15. The summed E-state index contributed by atoms with van der Waals surface area (Å²) < 4.78 is 1.83. The average Bonchev–Trinajstić information content (AvgIpc) is 2.82. The molecule has 2 heterocycles. The first-order valence-corrected chi connectivity index (χ1v) is 6.27. The summed E-state index contributed by atoms with van der Waals surface area (Å²) in [5.74, 6) is 0.115. The summed E-state index contributed by atoms with van der Waals surface area (Å²) in [5.41, 5.74) is 0. The van der Waals surface area contributed by atoms with Crippen molar-refractivity contribution >= 4 is 30.7 Å². The highest BCUT2D eigenvalue weighted by Gasteiger charge is 2.21. The minimum atomic E-state index is -0.0104. The van der Waals surface area contributed by atoms with Crippen LogP contribution in [0.3, 0.4) is 0 Å². The normalized spacial score (nSPS) is 19.7. The van der Waals surface area contributed by atoms with Gasteiger partial charge in [0.05, 0.1) is 12.6 Å². The van der Waals surface area contributed by atoms with Gasteiger partial charge in [-0.15, -0.1) is 24.8 Å². The van der Waals surface area contributed by atoms with E-state index in [1.54, 1.807) is 6.20 Å². The van der Waals surface area contributed by atoms with E-state index in [4.69, 9.17) is 0 Å². The van der Waals surface area contributed by atoms with Crippen molar-refractivity contribution in [3.63, 3.8) is 0 Å². The van der Waals surface area contributed by atoms with Gasteiger partial charge in [-0.2, -0.15) is 5.10 Å². The number of aromatic nitrogens is 2. The van der Waals surface area contributed by atoms with Gasteiger partial charge >= 0.3 is 0 Å². The lowest BCUT2D eigenvalue weighted by Gasteiger charge is -2.24. The van der Waals surface area contributed by atoms with Crippen LogP contribution in [0.15, 0.2) is 18.5 Å². The molecule has 0 spiro atoms. The molecule has 110 valence electrons. The minimum Gasteiger partial charge on any atom is -0.350 e. The van der Waals surface area contributed by atoms with Crippen LogP contribution in [0.2, 0.25) is 0 Å². The predicted octanol–water partition coefficient (Wildman–Crippen LogP) is 1.37. The number of hydrogen-bond acceptors (Lipinski definition) is 3. The molecule has 1 aliphatic heterocycles. The largest absolute Gasteiger partial charge is 0.350 e. The first-order valence-electron chi connectivity index (χ1n) is 6.27. The number of piperidine rings is 1. The molecule has 1 aromatic heterocycles. The molecule has 1 fully saturated rings. The molecule has 1 aromatic rings. The molecular weight excluding hydrogens is 287 g/mol. The van der Waals surface area contributed by atoms with Gasteiger partial charge in [-0.25, -0.2) is 0 Å². The third-order valence-electron chi connectivity index (χ3n) is 3.04. The Bertz CT molecular complexity index is 353. The van der Waals surface area contributed by atoms with E-state index in [2.05, 4.69) is 15.7 Å². The maximum atomic E-state index is 11.9. The SMILES string of the molecule is CC(Cn1cccn1)NC(=O)C1CCCCN1.Cl.Cl. The Labute approximate surface area is 126 Å². The van der Waals surface area contributed by atoms with Crippen LogP contribution in [0, 0.1) is 0 Å². The van der Waals surface area contributed by atoms with Crippen LogP contribution >= 0.6 is 24.8 Å². The summed E-state index contributed by atoms with van der Waals surface area (Å²) in [6.45, 7) is 3.67. The zero-order valence-corrected chi connectivity index (χ0v) is 12.7. The fraction of sp³-hybridized carbons (Fsp3) is 0.667. The van der Waals surface area contributed by atoms with Gasteiger partial charge in [-0.3, -0.25) is 9.48 Å². The number of halogens is 2. The summed E-state index contributed by atoms with van der Waals surface area (Å²) in [6, 6.07) is 1.98. The number of amides is 1. The molecule has 0 aliphatic carbocycles. The van der Waals surface area contributed by atoms with E-state index in [0.29, 0.717) is 6.54 Å². The summed E-state index contributed by atoms with van der Waals surface area (Å²) in [7, 11) is 0. The minimum absolute atomic E-state index is 0. The second-order valence-electron chi connectivity index (χ2n) is 4.64. The van der Waals surface area contributed by atoms with Crippen molar-refractivity contribution in [3.8, 4) is 0 Å². The van der Waals surface area contributed by atoms with Crippen molar-refractivity contribution in [3.05, 3.63) is 18.5 Å². The molecule has 0 radical (unpaired) electrons. The van der Waals surface area contributed by atoms with Gasteiger partial charge in [0.15, 0.2) is 0 Å². The van der Waals surface area contributed by atoms with Crippen molar-refractivity contribution in [1.29, 1.82) is 0 Å². The number of carbonyl (C=O) groups excluding carboxylic acids is 1. The highest BCUT2D eigenvalue weighted by molar-refractivity contribution is 5.85. The maximum absolute atomic E-state index is 11.9. The van der Waals surface area contributed by atoms with Crippen LogP contribution in [0.4, 0.5) is 0 Å². The van der Waals surface area contributed by atoms with Crippen molar-refractivity contribution in [2.45, 2.75) is 44.8 Å². The molecule has 0 bridgehead atoms. The Morgan fingerprint density at radius 3 is 2.89 bits per heavy atom. The molecule has 19 heavy (non-hydrogen) atoms. The number of carbonyl (C=O) groups is 1. The van der Waals surface area contributed by atoms with E-state index in [-0.39, 0.29) is 42.8 Å². The van der Waals surface area contributed by atoms with Crippen molar-refractivity contribution in [2.24, 2.45) is 0 Å². The molecule has 1 aliphatic rings. The van der Waals surface area contributed by atoms with Gasteiger partial charge in [0.1, 0.15) is 0 Å². The molecule has 0 saturated carbocycles. The number of nitrogens with one attached hydrogen (secondary N) is 2. The number of hydrogen-bond donors (Lipinski definition) is 2. The van der Waals surface area contributed by atoms with E-state index in [0.717, 1.165) is 19.4 Å². The topological polar surface area (TPSA) is 59.0 Å². The Morgan fingerprint density at radius 2 is 2.32 bits per heavy atom. The van der Waals surface area contributed by atoms with Gasteiger partial charge in [0.2, 0.25) is 5.91 Å². The van der Waals surface area contributed by atoms with Crippen LogP contribution in [0.5, 0.6) is 0 Å². The van der Waals surface area contributed by atoms with Crippen LogP contribution in [0.1, 0.15) is 26.2 Å².